The van der Waals surface area contributed by atoms with E-state index in [9.17, 15) is 13.6 Å². The van der Waals surface area contributed by atoms with Crippen molar-refractivity contribution in [3.05, 3.63) is 29.8 Å². The van der Waals surface area contributed by atoms with Crippen LogP contribution in [0.4, 0.5) is 8.78 Å². The normalized spacial score (nSPS) is 18.0. The third-order valence-electron chi connectivity index (χ3n) is 4.05. The number of nitrogens with zero attached hydrogens (tertiary/aromatic N) is 1. The highest BCUT2D eigenvalue weighted by molar-refractivity contribution is 5.76. The van der Waals surface area contributed by atoms with Gasteiger partial charge in [0.15, 0.2) is 11.6 Å². The zero-order chi connectivity index (χ0) is 16.7. The van der Waals surface area contributed by atoms with Crippen LogP contribution in [-0.4, -0.2) is 44.1 Å². The van der Waals surface area contributed by atoms with E-state index in [0.717, 1.165) is 44.6 Å². The van der Waals surface area contributed by atoms with Crippen LogP contribution in [0.2, 0.25) is 0 Å². The maximum atomic E-state index is 13.4. The number of rotatable bonds is 7. The van der Waals surface area contributed by atoms with Crippen LogP contribution in [-0.2, 0) is 4.79 Å². The summed E-state index contributed by atoms with van der Waals surface area (Å²) in [6.45, 7) is 2.78. The number of likely N-dealkylation sites (tertiary alicyclic amines) is 1. The topological polar surface area (TPSA) is 41.6 Å². The van der Waals surface area contributed by atoms with Crippen molar-refractivity contribution in [1.82, 2.24) is 10.2 Å². The van der Waals surface area contributed by atoms with Gasteiger partial charge >= 0.3 is 0 Å². The maximum absolute atomic E-state index is 13.4. The first kappa shape index (κ1) is 17.7. The third kappa shape index (κ3) is 5.46. The second-order valence-corrected chi connectivity index (χ2v) is 5.93. The van der Waals surface area contributed by atoms with Crippen LogP contribution in [0.25, 0.3) is 0 Å². The molecule has 1 atom stereocenters. The van der Waals surface area contributed by atoms with Gasteiger partial charge in [-0.25, -0.2) is 8.78 Å². The van der Waals surface area contributed by atoms with Gasteiger partial charge in [-0.15, -0.1) is 0 Å². The molecule has 1 unspecified atom stereocenters. The zero-order valence-electron chi connectivity index (χ0n) is 13.5. The Morgan fingerprint density at radius 3 is 3.00 bits per heavy atom. The van der Waals surface area contributed by atoms with Crippen LogP contribution >= 0.6 is 0 Å². The van der Waals surface area contributed by atoms with Gasteiger partial charge in [0.05, 0.1) is 6.61 Å². The second kappa shape index (κ2) is 8.82. The fraction of sp³-hybridized carbons (Fsp3) is 0.588. The minimum atomic E-state index is -0.720. The van der Waals surface area contributed by atoms with Crippen molar-refractivity contribution in [2.75, 3.05) is 33.3 Å². The summed E-state index contributed by atoms with van der Waals surface area (Å²) in [5, 5.41) is 3.16. The van der Waals surface area contributed by atoms with Crippen molar-refractivity contribution < 1.29 is 18.3 Å². The van der Waals surface area contributed by atoms with E-state index >= 15 is 0 Å². The molecule has 1 N–H and O–H groups in total. The maximum Gasteiger partial charge on any atom is 0.222 e. The molecule has 4 nitrogen and oxygen atoms in total. The monoisotopic (exact) mass is 326 g/mol. The molecule has 0 saturated carbocycles. The smallest absolute Gasteiger partial charge is 0.222 e. The van der Waals surface area contributed by atoms with E-state index in [2.05, 4.69) is 5.32 Å². The van der Waals surface area contributed by atoms with Gasteiger partial charge in [-0.2, -0.15) is 0 Å². The lowest BCUT2D eigenvalue weighted by molar-refractivity contribution is -0.133. The fourth-order valence-electron chi connectivity index (χ4n) is 2.90. The van der Waals surface area contributed by atoms with Crippen molar-refractivity contribution in [2.24, 2.45) is 5.92 Å². The van der Waals surface area contributed by atoms with Crippen LogP contribution in [0.5, 0.6) is 5.75 Å². The minimum Gasteiger partial charge on any atom is -0.491 e. The lowest BCUT2D eigenvalue weighted by Gasteiger charge is -2.32. The summed E-state index contributed by atoms with van der Waals surface area (Å²) in [5.41, 5.74) is 0. The number of hydrogen-bond acceptors (Lipinski definition) is 3. The quantitative estimate of drug-likeness (QED) is 0.783. The van der Waals surface area contributed by atoms with Gasteiger partial charge in [-0.05, 0) is 50.9 Å². The minimum absolute atomic E-state index is 0.0194. The molecule has 0 aliphatic carbocycles. The average Bonchev–Trinajstić information content (AvgIpc) is 2.53. The number of halogens is 2. The van der Waals surface area contributed by atoms with E-state index in [0.29, 0.717) is 18.8 Å². The molecule has 6 heteroatoms. The highest BCUT2D eigenvalue weighted by atomic mass is 19.1. The Hall–Kier alpha value is -1.69. The Labute approximate surface area is 135 Å². The van der Waals surface area contributed by atoms with Gasteiger partial charge in [0.25, 0.3) is 0 Å². The number of benzene rings is 1. The standard InChI is InChI=1S/C17H24F2N2O2/c1-20-11-13-4-2-8-21(12-13)17(22)5-3-9-23-16-7-6-14(18)10-15(16)19/h6-7,10,13,20H,2-5,8-9,11-12H2,1H3. The first-order valence-electron chi connectivity index (χ1n) is 8.10. The molecular weight excluding hydrogens is 302 g/mol. The van der Waals surface area contributed by atoms with E-state index in [-0.39, 0.29) is 18.3 Å². The highest BCUT2D eigenvalue weighted by Gasteiger charge is 2.22. The first-order chi connectivity index (χ1) is 11.1. The number of carbonyl (C=O) groups is 1. The van der Waals surface area contributed by atoms with Crippen LogP contribution in [0.1, 0.15) is 25.7 Å². The zero-order valence-corrected chi connectivity index (χ0v) is 13.5. The highest BCUT2D eigenvalue weighted by Crippen LogP contribution is 2.19. The third-order valence-corrected chi connectivity index (χ3v) is 4.05. The first-order valence-corrected chi connectivity index (χ1v) is 8.10. The number of piperidine rings is 1. The van der Waals surface area contributed by atoms with Gasteiger partial charge < -0.3 is 15.0 Å². The molecule has 1 saturated heterocycles. The van der Waals surface area contributed by atoms with Gasteiger partial charge in [0.1, 0.15) is 5.82 Å². The fourth-order valence-corrected chi connectivity index (χ4v) is 2.90. The van der Waals surface area contributed by atoms with E-state index in [1.807, 2.05) is 11.9 Å². The van der Waals surface area contributed by atoms with Crippen molar-refractivity contribution in [1.29, 1.82) is 0 Å². The Bertz CT molecular complexity index is 523. The summed E-state index contributed by atoms with van der Waals surface area (Å²) in [5.74, 6) is -0.698. The summed E-state index contributed by atoms with van der Waals surface area (Å²) in [6.07, 6.45) is 3.09. The largest absolute Gasteiger partial charge is 0.491 e. The molecule has 1 aromatic rings. The molecule has 1 aromatic carbocycles. The molecular formula is C17H24F2N2O2. The van der Waals surface area contributed by atoms with Crippen molar-refractivity contribution in [3.8, 4) is 5.75 Å². The van der Waals surface area contributed by atoms with Crippen LogP contribution in [0, 0.1) is 17.6 Å². The van der Waals surface area contributed by atoms with E-state index in [4.69, 9.17) is 4.74 Å². The lowest BCUT2D eigenvalue weighted by Crippen LogP contribution is -2.42. The molecule has 0 aromatic heterocycles. The number of ether oxygens (including phenoxy) is 1. The molecule has 1 aliphatic rings. The van der Waals surface area contributed by atoms with Gasteiger partial charge in [-0.1, -0.05) is 0 Å². The molecule has 1 fully saturated rings. The van der Waals surface area contributed by atoms with Crippen molar-refractivity contribution in [3.63, 3.8) is 0 Å². The van der Waals surface area contributed by atoms with E-state index in [1.54, 1.807) is 0 Å². The SMILES string of the molecule is CNCC1CCCN(C(=O)CCCOc2ccc(F)cc2F)C1. The molecule has 23 heavy (non-hydrogen) atoms. The predicted molar refractivity (Wildman–Crippen MR) is 84.3 cm³/mol. The van der Waals surface area contributed by atoms with E-state index < -0.39 is 11.6 Å². The Kier molecular flexibility index (Phi) is 6.77. The molecule has 1 heterocycles. The van der Waals surface area contributed by atoms with Crippen LogP contribution in [0.3, 0.4) is 0 Å². The summed E-state index contributed by atoms with van der Waals surface area (Å²) in [7, 11) is 1.92. The molecule has 2 rings (SSSR count). The predicted octanol–water partition coefficient (Wildman–Crippen LogP) is 2.58. The van der Waals surface area contributed by atoms with Crippen LogP contribution in [0.15, 0.2) is 18.2 Å². The number of amides is 1. The molecule has 1 aliphatic heterocycles. The summed E-state index contributed by atoms with van der Waals surface area (Å²) < 4.78 is 31.4. The van der Waals surface area contributed by atoms with Gasteiger partial charge in [0, 0.05) is 25.6 Å². The molecule has 128 valence electrons. The molecule has 1 amide bonds. The Balaban J connectivity index is 1.70. The molecule has 0 bridgehead atoms. The number of nitrogens with one attached hydrogen (secondary N) is 1. The second-order valence-electron chi connectivity index (χ2n) is 5.93. The van der Waals surface area contributed by atoms with Gasteiger partial charge in [0.2, 0.25) is 5.91 Å². The summed E-state index contributed by atoms with van der Waals surface area (Å²) >= 11 is 0. The number of carbonyl (C=O) groups excluding carboxylic acids is 1. The lowest BCUT2D eigenvalue weighted by atomic mass is 9.97. The molecule has 0 spiro atoms. The summed E-state index contributed by atoms with van der Waals surface area (Å²) in [6, 6.07) is 3.20. The van der Waals surface area contributed by atoms with Crippen LogP contribution < -0.4 is 10.1 Å². The van der Waals surface area contributed by atoms with Crippen molar-refractivity contribution in [2.45, 2.75) is 25.7 Å². The Morgan fingerprint density at radius 1 is 1.43 bits per heavy atom. The Morgan fingerprint density at radius 2 is 2.26 bits per heavy atom. The summed E-state index contributed by atoms with van der Waals surface area (Å²) in [4.78, 5) is 14.1. The van der Waals surface area contributed by atoms with Crippen molar-refractivity contribution >= 4 is 5.91 Å². The van der Waals surface area contributed by atoms with Gasteiger partial charge in [-0.3, -0.25) is 4.79 Å². The van der Waals surface area contributed by atoms with E-state index in [1.165, 1.54) is 6.07 Å². The molecule has 0 radical (unpaired) electrons. The average molecular weight is 326 g/mol. The number of hydrogen-bond donors (Lipinski definition) is 1.